The van der Waals surface area contributed by atoms with Gasteiger partial charge in [0, 0.05) is 15.6 Å². The molecular weight excluding hydrogens is 301 g/mol. The van der Waals surface area contributed by atoms with E-state index >= 15 is 0 Å². The molecule has 1 atom stereocenters. The second-order valence-corrected chi connectivity index (χ2v) is 6.18. The van der Waals surface area contributed by atoms with Gasteiger partial charge < -0.3 is 5.32 Å². The Labute approximate surface area is 137 Å². The lowest BCUT2D eigenvalue weighted by Crippen LogP contribution is -2.24. The molecule has 0 spiro atoms. The number of halogens is 2. The Balaban J connectivity index is 2.49. The molecule has 0 saturated heterocycles. The topological polar surface area (TPSA) is 12.0 Å². The maximum atomic E-state index is 6.40. The second kappa shape index (κ2) is 7.31. The minimum atomic E-state index is 0.0189. The number of benzene rings is 2. The van der Waals surface area contributed by atoms with E-state index in [9.17, 15) is 0 Å². The average Bonchev–Trinajstić information content (AvgIpc) is 2.45. The molecule has 0 aliphatic rings. The van der Waals surface area contributed by atoms with Gasteiger partial charge in [0.2, 0.25) is 0 Å². The van der Waals surface area contributed by atoms with Crippen molar-refractivity contribution in [2.24, 2.45) is 0 Å². The summed E-state index contributed by atoms with van der Waals surface area (Å²) < 4.78 is 0. The fourth-order valence-electron chi connectivity index (χ4n) is 2.41. The molecule has 3 heteroatoms. The molecule has 0 saturated carbocycles. The van der Waals surface area contributed by atoms with E-state index in [-0.39, 0.29) is 6.04 Å². The van der Waals surface area contributed by atoms with Gasteiger partial charge in [-0.25, -0.2) is 0 Å². The third-order valence-corrected chi connectivity index (χ3v) is 4.41. The molecule has 1 unspecified atom stereocenters. The van der Waals surface area contributed by atoms with Crippen LogP contribution >= 0.6 is 23.2 Å². The van der Waals surface area contributed by atoms with Crippen LogP contribution in [0, 0.1) is 13.8 Å². The van der Waals surface area contributed by atoms with Crippen LogP contribution in [0.25, 0.3) is 0 Å². The van der Waals surface area contributed by atoms with E-state index < -0.39 is 0 Å². The van der Waals surface area contributed by atoms with Gasteiger partial charge in [-0.05, 0) is 55.6 Å². The van der Waals surface area contributed by atoms with Gasteiger partial charge in [0.1, 0.15) is 0 Å². The lowest BCUT2D eigenvalue weighted by atomic mass is 9.95. The molecule has 0 radical (unpaired) electrons. The highest BCUT2D eigenvalue weighted by molar-refractivity contribution is 6.36. The highest BCUT2D eigenvalue weighted by Gasteiger charge is 2.19. The SMILES string of the molecule is CCCNC(c1ccc(C)c(C)c1)c1c(Cl)cccc1Cl. The summed E-state index contributed by atoms with van der Waals surface area (Å²) in [6, 6.07) is 12.2. The Morgan fingerprint density at radius 2 is 1.67 bits per heavy atom. The van der Waals surface area contributed by atoms with E-state index in [1.54, 1.807) is 0 Å². The molecular formula is C18H21Cl2N. The van der Waals surface area contributed by atoms with E-state index in [4.69, 9.17) is 23.2 Å². The molecule has 2 rings (SSSR count). The third-order valence-electron chi connectivity index (χ3n) is 3.75. The van der Waals surface area contributed by atoms with Crippen LogP contribution in [0.15, 0.2) is 36.4 Å². The predicted octanol–water partition coefficient (Wildman–Crippen LogP) is 5.70. The van der Waals surface area contributed by atoms with Crippen LogP contribution in [0.3, 0.4) is 0 Å². The van der Waals surface area contributed by atoms with E-state index in [0.29, 0.717) is 10.0 Å². The largest absolute Gasteiger partial charge is 0.306 e. The Morgan fingerprint density at radius 3 is 2.24 bits per heavy atom. The average molecular weight is 322 g/mol. The van der Waals surface area contributed by atoms with Crippen LogP contribution in [-0.4, -0.2) is 6.54 Å². The number of hydrogen-bond donors (Lipinski definition) is 1. The number of hydrogen-bond acceptors (Lipinski definition) is 1. The molecule has 21 heavy (non-hydrogen) atoms. The summed E-state index contributed by atoms with van der Waals surface area (Å²) in [5.41, 5.74) is 4.72. The van der Waals surface area contributed by atoms with Crippen LogP contribution in [0.2, 0.25) is 10.0 Å². The zero-order valence-electron chi connectivity index (χ0n) is 12.7. The van der Waals surface area contributed by atoms with Crippen molar-refractivity contribution in [2.75, 3.05) is 6.54 Å². The molecule has 1 N–H and O–H groups in total. The van der Waals surface area contributed by atoms with Gasteiger partial charge in [-0.15, -0.1) is 0 Å². The molecule has 0 fully saturated rings. The molecule has 0 bridgehead atoms. The Hall–Kier alpha value is -1.02. The summed E-state index contributed by atoms with van der Waals surface area (Å²) >= 11 is 12.8. The van der Waals surface area contributed by atoms with Gasteiger partial charge in [-0.2, -0.15) is 0 Å². The van der Waals surface area contributed by atoms with Gasteiger partial charge >= 0.3 is 0 Å². The van der Waals surface area contributed by atoms with Crippen LogP contribution in [0.1, 0.15) is 41.6 Å². The smallest absolute Gasteiger partial charge is 0.0606 e. The molecule has 2 aromatic rings. The number of nitrogens with one attached hydrogen (secondary N) is 1. The van der Waals surface area contributed by atoms with E-state index in [2.05, 4.69) is 44.3 Å². The highest BCUT2D eigenvalue weighted by Crippen LogP contribution is 2.34. The quantitative estimate of drug-likeness (QED) is 0.744. The first-order chi connectivity index (χ1) is 10.0. The van der Waals surface area contributed by atoms with E-state index in [0.717, 1.165) is 18.5 Å². The summed E-state index contributed by atoms with van der Waals surface area (Å²) in [6.07, 6.45) is 1.06. The number of aryl methyl sites for hydroxylation is 2. The van der Waals surface area contributed by atoms with Crippen molar-refractivity contribution >= 4 is 23.2 Å². The zero-order chi connectivity index (χ0) is 15.4. The van der Waals surface area contributed by atoms with Crippen molar-refractivity contribution < 1.29 is 0 Å². The Bertz CT molecular complexity index is 602. The van der Waals surface area contributed by atoms with Crippen LogP contribution in [0.5, 0.6) is 0 Å². The van der Waals surface area contributed by atoms with Gasteiger partial charge in [-0.1, -0.05) is 54.4 Å². The van der Waals surface area contributed by atoms with Gasteiger partial charge in [0.15, 0.2) is 0 Å². The van der Waals surface area contributed by atoms with Gasteiger partial charge in [-0.3, -0.25) is 0 Å². The predicted molar refractivity (Wildman–Crippen MR) is 92.5 cm³/mol. The molecule has 0 aromatic heterocycles. The second-order valence-electron chi connectivity index (χ2n) is 5.37. The fraction of sp³-hybridized carbons (Fsp3) is 0.333. The van der Waals surface area contributed by atoms with Crippen molar-refractivity contribution in [1.29, 1.82) is 0 Å². The first-order valence-corrected chi connectivity index (χ1v) is 8.04. The zero-order valence-corrected chi connectivity index (χ0v) is 14.2. The minimum Gasteiger partial charge on any atom is -0.306 e. The fourth-order valence-corrected chi connectivity index (χ4v) is 3.02. The lowest BCUT2D eigenvalue weighted by molar-refractivity contribution is 0.598. The van der Waals surface area contributed by atoms with E-state index in [1.165, 1.54) is 16.7 Å². The monoisotopic (exact) mass is 321 g/mol. The van der Waals surface area contributed by atoms with Gasteiger partial charge in [0.25, 0.3) is 0 Å². The van der Waals surface area contributed by atoms with Crippen molar-refractivity contribution in [1.82, 2.24) is 5.32 Å². The molecule has 0 aliphatic carbocycles. The molecule has 0 aliphatic heterocycles. The third kappa shape index (κ3) is 3.79. The summed E-state index contributed by atoms with van der Waals surface area (Å²) in [6.45, 7) is 7.32. The minimum absolute atomic E-state index is 0.0189. The van der Waals surface area contributed by atoms with Crippen LogP contribution in [0.4, 0.5) is 0 Å². The standard InChI is InChI=1S/C18H21Cl2N/c1-4-10-21-18(14-9-8-12(2)13(3)11-14)17-15(19)6-5-7-16(17)20/h5-9,11,18,21H,4,10H2,1-3H3. The molecule has 0 heterocycles. The molecule has 2 aromatic carbocycles. The molecule has 112 valence electrons. The van der Waals surface area contributed by atoms with Crippen molar-refractivity contribution in [3.8, 4) is 0 Å². The first-order valence-electron chi connectivity index (χ1n) is 7.29. The van der Waals surface area contributed by atoms with Gasteiger partial charge in [0.05, 0.1) is 6.04 Å². The van der Waals surface area contributed by atoms with E-state index in [1.807, 2.05) is 18.2 Å². The molecule has 1 nitrogen and oxygen atoms in total. The summed E-state index contributed by atoms with van der Waals surface area (Å²) in [7, 11) is 0. The maximum absolute atomic E-state index is 6.40. The Kier molecular flexibility index (Phi) is 5.69. The van der Waals surface area contributed by atoms with Crippen molar-refractivity contribution in [2.45, 2.75) is 33.2 Å². The summed E-state index contributed by atoms with van der Waals surface area (Å²) in [4.78, 5) is 0. The molecule has 0 amide bonds. The van der Waals surface area contributed by atoms with Crippen LogP contribution < -0.4 is 5.32 Å². The lowest BCUT2D eigenvalue weighted by Gasteiger charge is -2.22. The van der Waals surface area contributed by atoms with Crippen molar-refractivity contribution in [3.63, 3.8) is 0 Å². The number of rotatable bonds is 5. The Morgan fingerprint density at radius 1 is 1.00 bits per heavy atom. The summed E-state index contributed by atoms with van der Waals surface area (Å²) in [5.74, 6) is 0. The summed E-state index contributed by atoms with van der Waals surface area (Å²) in [5, 5.41) is 4.97. The normalized spacial score (nSPS) is 12.4. The maximum Gasteiger partial charge on any atom is 0.0606 e. The van der Waals surface area contributed by atoms with Crippen LogP contribution in [-0.2, 0) is 0 Å². The highest BCUT2D eigenvalue weighted by atomic mass is 35.5. The van der Waals surface area contributed by atoms with Crippen molar-refractivity contribution in [3.05, 3.63) is 68.7 Å². The first kappa shape index (κ1) is 16.4.